The zero-order chi connectivity index (χ0) is 9.30. The molecule has 0 radical (unpaired) electrons. The van der Waals surface area contributed by atoms with E-state index in [0.29, 0.717) is 12.0 Å². The van der Waals surface area contributed by atoms with Crippen LogP contribution in [0.15, 0.2) is 0 Å². The first-order chi connectivity index (χ1) is 5.52. The van der Waals surface area contributed by atoms with E-state index in [1.165, 1.54) is 0 Å². The van der Waals surface area contributed by atoms with Crippen molar-refractivity contribution in [2.75, 3.05) is 6.54 Å². The maximum absolute atomic E-state index is 10.8. The number of carboxylic acid groups (broad SMARTS) is 1. The van der Waals surface area contributed by atoms with E-state index in [2.05, 4.69) is 11.8 Å². The molecule has 1 rings (SSSR count). The fourth-order valence-electron chi connectivity index (χ4n) is 1.89. The minimum absolute atomic E-state index is 0.250. The number of aliphatic carboxylic acids is 1. The van der Waals surface area contributed by atoms with Gasteiger partial charge >= 0.3 is 5.97 Å². The molecule has 0 amide bonds. The highest BCUT2D eigenvalue weighted by Gasteiger charge is 2.35. The summed E-state index contributed by atoms with van der Waals surface area (Å²) >= 11 is 0. The van der Waals surface area contributed by atoms with Crippen LogP contribution in [0, 0.1) is 5.92 Å². The van der Waals surface area contributed by atoms with Gasteiger partial charge in [-0.25, -0.2) is 0 Å². The maximum atomic E-state index is 10.8. The van der Waals surface area contributed by atoms with Crippen LogP contribution in [0.25, 0.3) is 0 Å². The summed E-state index contributed by atoms with van der Waals surface area (Å²) in [6.07, 6.45) is 0.799. The van der Waals surface area contributed by atoms with Crippen LogP contribution in [0.4, 0.5) is 0 Å². The summed E-state index contributed by atoms with van der Waals surface area (Å²) in [5.74, 6) is -0.151. The number of nitrogens with zero attached hydrogens (tertiary/aromatic N) is 1. The van der Waals surface area contributed by atoms with Gasteiger partial charge in [0.2, 0.25) is 0 Å². The number of carbonyl (C=O) groups is 1. The standard InChI is InChI=1S/C9H17NO2/c1-6(2)10-5-7(3)4-8(10)9(11)12/h6-8H,4-5H2,1-3H3,(H,11,12)/t7-,8+/m0/s1. The number of likely N-dealkylation sites (tertiary alicyclic amines) is 1. The average Bonchev–Trinajstić information content (AvgIpc) is 2.31. The van der Waals surface area contributed by atoms with Gasteiger partial charge in [0, 0.05) is 12.6 Å². The number of hydrogen-bond acceptors (Lipinski definition) is 2. The fraction of sp³-hybridized carbons (Fsp3) is 0.889. The molecule has 1 aliphatic rings. The molecule has 0 aromatic carbocycles. The van der Waals surface area contributed by atoms with E-state index in [1.54, 1.807) is 0 Å². The summed E-state index contributed by atoms with van der Waals surface area (Å²) in [7, 11) is 0. The highest BCUT2D eigenvalue weighted by Crippen LogP contribution is 2.24. The van der Waals surface area contributed by atoms with Crippen molar-refractivity contribution in [3.8, 4) is 0 Å². The molecule has 3 heteroatoms. The van der Waals surface area contributed by atoms with Crippen molar-refractivity contribution in [1.82, 2.24) is 4.90 Å². The third-order valence-corrected chi connectivity index (χ3v) is 2.50. The van der Waals surface area contributed by atoms with E-state index in [0.717, 1.165) is 13.0 Å². The van der Waals surface area contributed by atoms with E-state index in [-0.39, 0.29) is 6.04 Å². The van der Waals surface area contributed by atoms with E-state index in [1.807, 2.05) is 13.8 Å². The van der Waals surface area contributed by atoms with Crippen LogP contribution in [-0.4, -0.2) is 34.6 Å². The predicted octanol–water partition coefficient (Wildman–Crippen LogP) is 1.19. The first-order valence-electron chi connectivity index (χ1n) is 4.51. The molecule has 1 N–H and O–H groups in total. The van der Waals surface area contributed by atoms with Gasteiger partial charge < -0.3 is 5.11 Å². The molecule has 2 atom stereocenters. The Morgan fingerprint density at radius 3 is 2.50 bits per heavy atom. The maximum Gasteiger partial charge on any atom is 0.320 e. The van der Waals surface area contributed by atoms with Crippen LogP contribution >= 0.6 is 0 Å². The Hall–Kier alpha value is -0.570. The molecule has 1 fully saturated rings. The second-order valence-electron chi connectivity index (χ2n) is 3.99. The second-order valence-corrected chi connectivity index (χ2v) is 3.99. The van der Waals surface area contributed by atoms with E-state index in [9.17, 15) is 4.79 Å². The molecule has 0 bridgehead atoms. The number of hydrogen-bond donors (Lipinski definition) is 1. The molecule has 70 valence electrons. The third-order valence-electron chi connectivity index (χ3n) is 2.50. The minimum atomic E-state index is -0.673. The topological polar surface area (TPSA) is 40.5 Å². The van der Waals surface area contributed by atoms with Gasteiger partial charge in [0.15, 0.2) is 0 Å². The van der Waals surface area contributed by atoms with Crippen LogP contribution in [0.2, 0.25) is 0 Å². The zero-order valence-corrected chi connectivity index (χ0v) is 7.95. The monoisotopic (exact) mass is 171 g/mol. The lowest BCUT2D eigenvalue weighted by atomic mass is 10.1. The van der Waals surface area contributed by atoms with E-state index < -0.39 is 5.97 Å². The normalized spacial score (nSPS) is 31.3. The van der Waals surface area contributed by atoms with E-state index >= 15 is 0 Å². The molecule has 0 aromatic rings. The second kappa shape index (κ2) is 3.44. The Labute approximate surface area is 73.4 Å². The van der Waals surface area contributed by atoms with Crippen LogP contribution in [-0.2, 0) is 4.79 Å². The summed E-state index contributed by atoms with van der Waals surface area (Å²) in [6.45, 7) is 7.13. The molecule has 12 heavy (non-hydrogen) atoms. The van der Waals surface area contributed by atoms with Crippen molar-refractivity contribution in [1.29, 1.82) is 0 Å². The van der Waals surface area contributed by atoms with E-state index in [4.69, 9.17) is 5.11 Å². The van der Waals surface area contributed by atoms with Crippen LogP contribution in [0.1, 0.15) is 27.2 Å². The first kappa shape index (κ1) is 9.52. The summed E-state index contributed by atoms with van der Waals surface area (Å²) in [5, 5.41) is 8.91. The van der Waals surface area contributed by atoms with Gasteiger partial charge in [-0.05, 0) is 26.2 Å². The Morgan fingerprint density at radius 1 is 1.58 bits per heavy atom. The fourth-order valence-corrected chi connectivity index (χ4v) is 1.89. The van der Waals surface area contributed by atoms with Gasteiger partial charge in [-0.3, -0.25) is 9.69 Å². The highest BCUT2D eigenvalue weighted by atomic mass is 16.4. The molecule has 0 unspecified atom stereocenters. The van der Waals surface area contributed by atoms with Crippen molar-refractivity contribution in [2.45, 2.75) is 39.3 Å². The summed E-state index contributed by atoms with van der Waals surface area (Å²) in [5.41, 5.74) is 0. The molecule has 0 aromatic heterocycles. The van der Waals surface area contributed by atoms with Crippen molar-refractivity contribution in [3.63, 3.8) is 0 Å². The largest absolute Gasteiger partial charge is 0.480 e. The third kappa shape index (κ3) is 1.78. The smallest absolute Gasteiger partial charge is 0.320 e. The molecule has 1 heterocycles. The first-order valence-corrected chi connectivity index (χ1v) is 4.51. The Balaban J connectivity index is 2.65. The van der Waals surface area contributed by atoms with Gasteiger partial charge in [-0.15, -0.1) is 0 Å². The highest BCUT2D eigenvalue weighted by molar-refractivity contribution is 5.73. The van der Waals surface area contributed by atoms with Crippen molar-refractivity contribution >= 4 is 5.97 Å². The lowest BCUT2D eigenvalue weighted by Gasteiger charge is -2.24. The molecular formula is C9H17NO2. The Kier molecular flexibility index (Phi) is 2.73. The Morgan fingerprint density at radius 2 is 2.17 bits per heavy atom. The lowest BCUT2D eigenvalue weighted by Crippen LogP contribution is -2.40. The molecule has 0 spiro atoms. The Bertz CT molecular complexity index is 179. The molecular weight excluding hydrogens is 154 g/mol. The molecule has 3 nitrogen and oxygen atoms in total. The number of carboxylic acids is 1. The van der Waals surface area contributed by atoms with Gasteiger partial charge in [-0.2, -0.15) is 0 Å². The van der Waals surface area contributed by atoms with Crippen molar-refractivity contribution < 1.29 is 9.90 Å². The molecule has 1 saturated heterocycles. The minimum Gasteiger partial charge on any atom is -0.480 e. The number of rotatable bonds is 2. The van der Waals surface area contributed by atoms with Gasteiger partial charge in [0.05, 0.1) is 0 Å². The molecule has 0 aliphatic carbocycles. The SMILES string of the molecule is CC(C)N1C[C@@H](C)C[C@@H]1C(=O)O. The zero-order valence-electron chi connectivity index (χ0n) is 7.95. The summed E-state index contributed by atoms with van der Waals surface area (Å²) in [4.78, 5) is 12.9. The lowest BCUT2D eigenvalue weighted by molar-refractivity contribution is -0.142. The average molecular weight is 171 g/mol. The van der Waals surface area contributed by atoms with Gasteiger partial charge in [0.25, 0.3) is 0 Å². The summed E-state index contributed by atoms with van der Waals surface area (Å²) < 4.78 is 0. The van der Waals surface area contributed by atoms with Crippen molar-refractivity contribution in [2.24, 2.45) is 5.92 Å². The predicted molar refractivity (Wildman–Crippen MR) is 47.0 cm³/mol. The van der Waals surface area contributed by atoms with Crippen LogP contribution in [0.3, 0.4) is 0 Å². The quantitative estimate of drug-likeness (QED) is 0.678. The van der Waals surface area contributed by atoms with Crippen LogP contribution < -0.4 is 0 Å². The molecule has 1 aliphatic heterocycles. The van der Waals surface area contributed by atoms with Crippen LogP contribution in [0.5, 0.6) is 0 Å². The molecule has 0 saturated carbocycles. The van der Waals surface area contributed by atoms with Crippen molar-refractivity contribution in [3.05, 3.63) is 0 Å². The summed E-state index contributed by atoms with van der Waals surface area (Å²) in [6, 6.07) is 0.0936. The van der Waals surface area contributed by atoms with Gasteiger partial charge in [-0.1, -0.05) is 6.92 Å². The van der Waals surface area contributed by atoms with Gasteiger partial charge in [0.1, 0.15) is 6.04 Å².